The van der Waals surface area contributed by atoms with E-state index in [1.165, 1.54) is 0 Å². The average Bonchev–Trinajstić information content (AvgIpc) is 2.63. The lowest BCUT2D eigenvalue weighted by Gasteiger charge is -2.02. The Morgan fingerprint density at radius 2 is 2.11 bits per heavy atom. The fraction of sp³-hybridized carbons (Fsp3) is 0.214. The minimum Gasteiger partial charge on any atom is -0.496 e. The molecule has 0 saturated carbocycles. The van der Waals surface area contributed by atoms with Gasteiger partial charge in [0.2, 0.25) is 0 Å². The van der Waals surface area contributed by atoms with Crippen LogP contribution in [0.3, 0.4) is 0 Å². The summed E-state index contributed by atoms with van der Waals surface area (Å²) >= 11 is 0. The van der Waals surface area contributed by atoms with Crippen LogP contribution in [0.5, 0.6) is 5.75 Å². The Labute approximate surface area is 105 Å². The van der Waals surface area contributed by atoms with Gasteiger partial charge in [-0.1, -0.05) is 6.07 Å². The number of benzene rings is 1. The summed E-state index contributed by atoms with van der Waals surface area (Å²) in [5.41, 5.74) is 9.02. The largest absolute Gasteiger partial charge is 0.496 e. The summed E-state index contributed by atoms with van der Waals surface area (Å²) in [5.74, 6) is 1.40. The Bertz CT molecular complexity index is 759. The van der Waals surface area contributed by atoms with Crippen LogP contribution in [0.15, 0.2) is 24.3 Å². The van der Waals surface area contributed by atoms with E-state index in [4.69, 9.17) is 10.5 Å². The Hall–Kier alpha value is -2.23. The summed E-state index contributed by atoms with van der Waals surface area (Å²) < 4.78 is 7.59. The normalized spacial score (nSPS) is 11.3. The molecule has 0 aliphatic rings. The third kappa shape index (κ3) is 1.29. The maximum absolute atomic E-state index is 5.86. The lowest BCUT2D eigenvalue weighted by Crippen LogP contribution is -1.95. The lowest BCUT2D eigenvalue weighted by atomic mass is 10.1. The molecule has 2 N–H and O–H groups in total. The summed E-state index contributed by atoms with van der Waals surface area (Å²) in [6.07, 6.45) is 0. The number of aromatic nitrogens is 2. The van der Waals surface area contributed by atoms with Gasteiger partial charge in [0.1, 0.15) is 11.6 Å². The predicted octanol–water partition coefficient (Wildman–Crippen LogP) is 2.63. The van der Waals surface area contributed by atoms with Crippen molar-refractivity contribution in [2.75, 3.05) is 12.8 Å². The number of hydrogen-bond donors (Lipinski definition) is 1. The van der Waals surface area contributed by atoms with Gasteiger partial charge in [-0.05, 0) is 25.1 Å². The fourth-order valence-corrected chi connectivity index (χ4v) is 2.66. The Morgan fingerprint density at radius 3 is 2.83 bits per heavy atom. The molecule has 3 aromatic rings. The molecule has 0 amide bonds. The molecule has 2 heterocycles. The van der Waals surface area contributed by atoms with E-state index in [0.717, 1.165) is 33.2 Å². The molecule has 1 aromatic carbocycles. The number of pyridine rings is 1. The van der Waals surface area contributed by atoms with E-state index in [-0.39, 0.29) is 0 Å². The van der Waals surface area contributed by atoms with Crippen LogP contribution in [-0.4, -0.2) is 16.7 Å². The molecule has 0 aliphatic heterocycles. The molecular weight excluding hydrogens is 226 g/mol. The molecule has 92 valence electrons. The van der Waals surface area contributed by atoms with Gasteiger partial charge in [0.15, 0.2) is 0 Å². The Kier molecular flexibility index (Phi) is 2.20. The first-order chi connectivity index (χ1) is 8.63. The van der Waals surface area contributed by atoms with Crippen molar-refractivity contribution in [1.82, 2.24) is 9.55 Å². The zero-order chi connectivity index (χ0) is 12.9. The molecule has 3 rings (SSSR count). The highest BCUT2D eigenvalue weighted by molar-refractivity contribution is 6.12. The molecule has 0 radical (unpaired) electrons. The first-order valence-electron chi connectivity index (χ1n) is 5.81. The van der Waals surface area contributed by atoms with Crippen LogP contribution >= 0.6 is 0 Å². The number of fused-ring (bicyclic) bond motifs is 3. The summed E-state index contributed by atoms with van der Waals surface area (Å²) in [5, 5.41) is 2.18. The van der Waals surface area contributed by atoms with Gasteiger partial charge in [-0.2, -0.15) is 0 Å². The van der Waals surface area contributed by atoms with E-state index in [1.54, 1.807) is 7.11 Å². The van der Waals surface area contributed by atoms with Crippen molar-refractivity contribution in [3.63, 3.8) is 0 Å². The molecule has 0 saturated heterocycles. The summed E-state index contributed by atoms with van der Waals surface area (Å²) in [4.78, 5) is 4.33. The number of rotatable bonds is 1. The highest BCUT2D eigenvalue weighted by Gasteiger charge is 2.14. The number of nitrogens with zero attached hydrogens (tertiary/aromatic N) is 2. The quantitative estimate of drug-likeness (QED) is 0.712. The van der Waals surface area contributed by atoms with Crippen molar-refractivity contribution < 1.29 is 4.74 Å². The number of anilines is 1. The molecule has 0 bridgehead atoms. The zero-order valence-corrected chi connectivity index (χ0v) is 10.7. The number of hydrogen-bond acceptors (Lipinski definition) is 3. The van der Waals surface area contributed by atoms with Gasteiger partial charge >= 0.3 is 0 Å². The Morgan fingerprint density at radius 1 is 1.33 bits per heavy atom. The highest BCUT2D eigenvalue weighted by Crippen LogP contribution is 2.36. The van der Waals surface area contributed by atoms with E-state index in [0.29, 0.717) is 5.82 Å². The zero-order valence-electron chi connectivity index (χ0n) is 10.7. The van der Waals surface area contributed by atoms with E-state index in [9.17, 15) is 0 Å². The van der Waals surface area contributed by atoms with Crippen LogP contribution in [-0.2, 0) is 7.05 Å². The van der Waals surface area contributed by atoms with Crippen molar-refractivity contribution in [2.45, 2.75) is 6.92 Å². The maximum atomic E-state index is 5.86. The molecule has 0 unspecified atom stereocenters. The maximum Gasteiger partial charge on any atom is 0.128 e. The summed E-state index contributed by atoms with van der Waals surface area (Å²) in [6.45, 7) is 1.98. The molecule has 0 aliphatic carbocycles. The molecule has 4 nitrogen and oxygen atoms in total. The second-order valence-electron chi connectivity index (χ2n) is 4.44. The Balaban J connectivity index is 2.64. The second kappa shape index (κ2) is 3.63. The first-order valence-corrected chi connectivity index (χ1v) is 5.81. The molecule has 0 spiro atoms. The van der Waals surface area contributed by atoms with E-state index in [1.807, 2.05) is 32.2 Å². The van der Waals surface area contributed by atoms with Gasteiger partial charge in [0, 0.05) is 17.8 Å². The molecule has 4 heteroatoms. The van der Waals surface area contributed by atoms with Gasteiger partial charge in [-0.15, -0.1) is 0 Å². The van der Waals surface area contributed by atoms with E-state index < -0.39 is 0 Å². The van der Waals surface area contributed by atoms with Gasteiger partial charge in [0.05, 0.1) is 23.8 Å². The molecular formula is C14H15N3O. The van der Waals surface area contributed by atoms with Gasteiger partial charge < -0.3 is 15.0 Å². The molecule has 18 heavy (non-hydrogen) atoms. The van der Waals surface area contributed by atoms with Crippen molar-refractivity contribution >= 4 is 27.6 Å². The van der Waals surface area contributed by atoms with Crippen LogP contribution < -0.4 is 10.5 Å². The first kappa shape index (κ1) is 10.9. The predicted molar refractivity (Wildman–Crippen MR) is 73.9 cm³/mol. The van der Waals surface area contributed by atoms with E-state index in [2.05, 4.69) is 15.6 Å². The number of methoxy groups -OCH3 is 1. The number of nitrogens with two attached hydrogens (primary N) is 1. The third-order valence-electron chi connectivity index (χ3n) is 3.38. The minimum atomic E-state index is 0.540. The lowest BCUT2D eigenvalue weighted by molar-refractivity contribution is 0.420. The minimum absolute atomic E-state index is 0.540. The number of aryl methyl sites for hydroxylation is 2. The topological polar surface area (TPSA) is 53.1 Å². The van der Waals surface area contributed by atoms with Crippen molar-refractivity contribution in [3.05, 3.63) is 30.0 Å². The van der Waals surface area contributed by atoms with Crippen molar-refractivity contribution in [1.29, 1.82) is 0 Å². The van der Waals surface area contributed by atoms with E-state index >= 15 is 0 Å². The highest BCUT2D eigenvalue weighted by atomic mass is 16.5. The van der Waals surface area contributed by atoms with Gasteiger partial charge in [0.25, 0.3) is 0 Å². The second-order valence-corrected chi connectivity index (χ2v) is 4.44. The van der Waals surface area contributed by atoms with Crippen molar-refractivity contribution in [2.24, 2.45) is 7.05 Å². The van der Waals surface area contributed by atoms with Crippen molar-refractivity contribution in [3.8, 4) is 5.75 Å². The number of ether oxygens (including phenoxy) is 1. The smallest absolute Gasteiger partial charge is 0.128 e. The van der Waals surface area contributed by atoms with Crippen LogP contribution in [0.2, 0.25) is 0 Å². The van der Waals surface area contributed by atoms with Gasteiger partial charge in [-0.25, -0.2) is 4.98 Å². The third-order valence-corrected chi connectivity index (χ3v) is 3.38. The van der Waals surface area contributed by atoms with Crippen LogP contribution in [0.1, 0.15) is 5.69 Å². The summed E-state index contributed by atoms with van der Waals surface area (Å²) in [6, 6.07) is 7.95. The molecule has 0 fully saturated rings. The molecule has 2 aromatic heterocycles. The van der Waals surface area contributed by atoms with Gasteiger partial charge in [-0.3, -0.25) is 0 Å². The standard InChI is InChI=1S/C14H15N3O/c1-8-14-9(7-12(15)16-8)13-10(17(14)2)5-4-6-11(13)18-3/h4-7H,1-3H3,(H2,15,16). The fourth-order valence-electron chi connectivity index (χ4n) is 2.66. The summed E-state index contributed by atoms with van der Waals surface area (Å²) in [7, 11) is 3.72. The van der Waals surface area contributed by atoms with Crippen LogP contribution in [0.25, 0.3) is 21.8 Å². The number of nitrogen functional groups attached to an aromatic ring is 1. The monoisotopic (exact) mass is 241 g/mol. The average molecular weight is 241 g/mol. The SMILES string of the molecule is COc1cccc2c1c1cc(N)nc(C)c1n2C. The van der Waals surface area contributed by atoms with Crippen LogP contribution in [0, 0.1) is 6.92 Å². The molecule has 0 atom stereocenters. The van der Waals surface area contributed by atoms with Crippen LogP contribution in [0.4, 0.5) is 5.82 Å².